The fraction of sp³-hybridized carbons (Fsp3) is 0.250. The molecule has 26 heavy (non-hydrogen) atoms. The highest BCUT2D eigenvalue weighted by molar-refractivity contribution is 5.90. The van der Waals surface area contributed by atoms with Crippen LogP contribution in [0.4, 0.5) is 5.69 Å². The third-order valence-electron chi connectivity index (χ3n) is 3.58. The fourth-order valence-electron chi connectivity index (χ4n) is 2.26. The van der Waals surface area contributed by atoms with Gasteiger partial charge >= 0.3 is 5.97 Å². The Hall–Kier alpha value is -3.56. The van der Waals surface area contributed by atoms with Gasteiger partial charge in [-0.2, -0.15) is 5.10 Å². The van der Waals surface area contributed by atoms with Crippen LogP contribution in [-0.4, -0.2) is 31.3 Å². The molecular formula is C16H15N5O5. The first kappa shape index (κ1) is 17.3. The molecule has 134 valence electrons. The molecule has 2 aromatic heterocycles. The number of nitro benzene ring substituents is 1. The molecular weight excluding hydrogens is 342 g/mol. The zero-order valence-corrected chi connectivity index (χ0v) is 14.0. The number of nitrogens with zero attached hydrogens (tertiary/aromatic N) is 4. The molecule has 2 heterocycles. The number of carbonyl (C=O) groups is 1. The minimum absolute atomic E-state index is 0.0384. The maximum atomic E-state index is 12.1. The molecule has 10 nitrogen and oxygen atoms in total. The van der Waals surface area contributed by atoms with Crippen LogP contribution >= 0.6 is 0 Å². The van der Waals surface area contributed by atoms with Gasteiger partial charge in [-0.05, 0) is 18.1 Å². The Bertz CT molecular complexity index is 929. The predicted molar refractivity (Wildman–Crippen MR) is 88.2 cm³/mol. The van der Waals surface area contributed by atoms with E-state index in [9.17, 15) is 14.9 Å². The largest absolute Gasteiger partial charge is 0.452 e. The molecule has 0 unspecified atom stereocenters. The van der Waals surface area contributed by atoms with E-state index in [2.05, 4.69) is 20.4 Å². The molecule has 0 amide bonds. The summed E-state index contributed by atoms with van der Waals surface area (Å²) in [4.78, 5) is 22.3. The van der Waals surface area contributed by atoms with Crippen LogP contribution in [0.2, 0.25) is 0 Å². The average molecular weight is 357 g/mol. The van der Waals surface area contributed by atoms with Crippen molar-refractivity contribution in [3.05, 3.63) is 57.7 Å². The van der Waals surface area contributed by atoms with Gasteiger partial charge in [0.15, 0.2) is 6.61 Å². The summed E-state index contributed by atoms with van der Waals surface area (Å²) < 4.78 is 10.6. The zero-order chi connectivity index (χ0) is 18.7. The lowest BCUT2D eigenvalue weighted by molar-refractivity contribution is -0.384. The number of hydrogen-bond donors (Lipinski definition) is 1. The van der Waals surface area contributed by atoms with Crippen LogP contribution in [0.25, 0.3) is 11.5 Å². The van der Waals surface area contributed by atoms with E-state index in [1.54, 1.807) is 0 Å². The molecule has 0 bridgehead atoms. The minimum atomic E-state index is -0.544. The van der Waals surface area contributed by atoms with Crippen LogP contribution in [-0.2, 0) is 11.3 Å². The molecule has 1 aromatic carbocycles. The molecule has 0 aliphatic rings. The number of benzene rings is 1. The molecule has 0 aliphatic heterocycles. The molecule has 0 spiro atoms. The van der Waals surface area contributed by atoms with E-state index in [0.717, 1.165) is 0 Å². The van der Waals surface area contributed by atoms with Crippen LogP contribution in [0.3, 0.4) is 0 Å². The smallest absolute Gasteiger partial charge is 0.342 e. The highest BCUT2D eigenvalue weighted by atomic mass is 16.6. The van der Waals surface area contributed by atoms with E-state index >= 15 is 0 Å². The molecule has 0 aliphatic carbocycles. The van der Waals surface area contributed by atoms with Gasteiger partial charge in [-0.25, -0.2) is 4.79 Å². The van der Waals surface area contributed by atoms with Gasteiger partial charge in [0, 0.05) is 17.7 Å². The number of rotatable bonds is 6. The Balaban J connectivity index is 1.66. The number of ether oxygens (including phenoxy) is 1. The number of H-pyrrole nitrogens is 1. The maximum Gasteiger partial charge on any atom is 0.342 e. The zero-order valence-electron chi connectivity index (χ0n) is 14.0. The third kappa shape index (κ3) is 3.58. The van der Waals surface area contributed by atoms with Crippen molar-refractivity contribution in [2.45, 2.75) is 26.4 Å². The normalized spacial score (nSPS) is 10.9. The fourth-order valence-corrected chi connectivity index (χ4v) is 2.26. The van der Waals surface area contributed by atoms with Crippen molar-refractivity contribution in [3.63, 3.8) is 0 Å². The molecule has 0 saturated carbocycles. The third-order valence-corrected chi connectivity index (χ3v) is 3.58. The molecule has 0 saturated heterocycles. The standard InChI is InChI=1S/C16H15N5O5/c1-9(2)14-12(7-17-19-14)16(22)25-8-13-18-20-15(26-13)10-3-5-11(6-4-10)21(23)24/h3-7,9H,8H2,1-2H3,(H,17,19). The number of non-ortho nitro benzene ring substituents is 1. The maximum absolute atomic E-state index is 12.1. The first-order valence-corrected chi connectivity index (χ1v) is 7.73. The number of carbonyl (C=O) groups excluding carboxylic acids is 1. The lowest BCUT2D eigenvalue weighted by atomic mass is 10.1. The molecule has 0 radical (unpaired) electrons. The van der Waals surface area contributed by atoms with E-state index < -0.39 is 10.9 Å². The number of esters is 1. The Morgan fingerprint density at radius 3 is 2.69 bits per heavy atom. The van der Waals surface area contributed by atoms with Crippen molar-refractivity contribution in [1.82, 2.24) is 20.4 Å². The lowest BCUT2D eigenvalue weighted by Crippen LogP contribution is -2.08. The second kappa shape index (κ2) is 7.13. The van der Waals surface area contributed by atoms with Crippen LogP contribution in [0.15, 0.2) is 34.9 Å². The van der Waals surface area contributed by atoms with Crippen molar-refractivity contribution in [2.75, 3.05) is 0 Å². The van der Waals surface area contributed by atoms with Crippen LogP contribution in [0, 0.1) is 10.1 Å². The molecule has 0 atom stereocenters. The van der Waals surface area contributed by atoms with Gasteiger partial charge in [0.05, 0.1) is 16.8 Å². The number of nitro groups is 1. The summed E-state index contributed by atoms with van der Waals surface area (Å²) in [7, 11) is 0. The van der Waals surface area contributed by atoms with Gasteiger partial charge in [-0.1, -0.05) is 13.8 Å². The van der Waals surface area contributed by atoms with E-state index in [1.807, 2.05) is 13.8 Å². The van der Waals surface area contributed by atoms with Crippen LogP contribution < -0.4 is 0 Å². The average Bonchev–Trinajstić information content (AvgIpc) is 3.29. The number of aromatic amines is 1. The molecule has 1 N–H and O–H groups in total. The van der Waals surface area contributed by atoms with Crippen molar-refractivity contribution >= 4 is 11.7 Å². The summed E-state index contributed by atoms with van der Waals surface area (Å²) in [5.41, 5.74) is 1.53. The summed E-state index contributed by atoms with van der Waals surface area (Å²) in [5.74, 6) is -0.159. The van der Waals surface area contributed by atoms with Crippen molar-refractivity contribution in [1.29, 1.82) is 0 Å². The van der Waals surface area contributed by atoms with E-state index in [1.165, 1.54) is 30.5 Å². The second-order valence-electron chi connectivity index (χ2n) is 5.73. The Morgan fingerprint density at radius 2 is 2.04 bits per heavy atom. The number of nitrogens with one attached hydrogen (secondary N) is 1. The Morgan fingerprint density at radius 1 is 1.31 bits per heavy atom. The van der Waals surface area contributed by atoms with Crippen LogP contribution in [0.1, 0.15) is 41.7 Å². The summed E-state index contributed by atoms with van der Waals surface area (Å²) in [6.07, 6.45) is 1.41. The Kier molecular flexibility index (Phi) is 4.74. The van der Waals surface area contributed by atoms with Gasteiger partial charge in [-0.3, -0.25) is 15.2 Å². The van der Waals surface area contributed by atoms with Gasteiger partial charge in [0.25, 0.3) is 11.6 Å². The van der Waals surface area contributed by atoms with E-state index in [-0.39, 0.29) is 30.0 Å². The summed E-state index contributed by atoms with van der Waals surface area (Å²) >= 11 is 0. The molecule has 10 heteroatoms. The van der Waals surface area contributed by atoms with Gasteiger partial charge in [0.2, 0.25) is 5.89 Å². The highest BCUT2D eigenvalue weighted by Gasteiger charge is 2.19. The van der Waals surface area contributed by atoms with Gasteiger partial charge < -0.3 is 9.15 Å². The summed E-state index contributed by atoms with van der Waals surface area (Å²) in [6, 6.07) is 5.68. The number of hydrogen-bond acceptors (Lipinski definition) is 8. The quantitative estimate of drug-likeness (QED) is 0.404. The molecule has 3 aromatic rings. The Labute approximate surface area is 147 Å². The van der Waals surface area contributed by atoms with Crippen molar-refractivity contribution in [3.8, 4) is 11.5 Å². The summed E-state index contributed by atoms with van der Waals surface area (Å²) in [6.45, 7) is 3.67. The van der Waals surface area contributed by atoms with Crippen molar-refractivity contribution in [2.24, 2.45) is 0 Å². The summed E-state index contributed by atoms with van der Waals surface area (Å²) in [5, 5.41) is 25.0. The van der Waals surface area contributed by atoms with E-state index in [4.69, 9.17) is 9.15 Å². The van der Waals surface area contributed by atoms with Crippen LogP contribution in [0.5, 0.6) is 0 Å². The minimum Gasteiger partial charge on any atom is -0.452 e. The first-order chi connectivity index (χ1) is 12.5. The number of aromatic nitrogens is 4. The second-order valence-corrected chi connectivity index (χ2v) is 5.73. The highest BCUT2D eigenvalue weighted by Crippen LogP contribution is 2.22. The first-order valence-electron chi connectivity index (χ1n) is 7.73. The van der Waals surface area contributed by atoms with Crippen molar-refractivity contribution < 1.29 is 18.9 Å². The lowest BCUT2D eigenvalue weighted by Gasteiger charge is -2.05. The van der Waals surface area contributed by atoms with Gasteiger partial charge in [-0.15, -0.1) is 10.2 Å². The molecule has 0 fully saturated rings. The topological polar surface area (TPSA) is 137 Å². The molecule has 3 rings (SSSR count). The monoisotopic (exact) mass is 357 g/mol. The van der Waals surface area contributed by atoms with E-state index in [0.29, 0.717) is 16.8 Å². The van der Waals surface area contributed by atoms with Gasteiger partial charge in [0.1, 0.15) is 5.56 Å². The predicted octanol–water partition coefficient (Wildman–Crippen LogP) is 2.85. The SMILES string of the molecule is CC(C)c1[nH]ncc1C(=O)OCc1nnc(-c2ccc([N+](=O)[O-])cc2)o1.